The first-order valence-corrected chi connectivity index (χ1v) is 12.0. The van der Waals surface area contributed by atoms with Crippen LogP contribution in [0, 0.1) is 5.82 Å². The lowest BCUT2D eigenvalue weighted by Crippen LogP contribution is -2.32. The first-order valence-electron chi connectivity index (χ1n) is 10.5. The third kappa shape index (κ3) is 5.66. The summed E-state index contributed by atoms with van der Waals surface area (Å²) in [6.45, 7) is 5.09. The second-order valence-electron chi connectivity index (χ2n) is 8.05. The molecule has 0 spiro atoms. The molecule has 0 fully saturated rings. The number of aromatic nitrogens is 1. The Morgan fingerprint density at radius 2 is 1.76 bits per heavy atom. The van der Waals surface area contributed by atoms with Gasteiger partial charge in [0.25, 0.3) is 10.0 Å². The number of sulfonamides is 1. The molecule has 0 aliphatic heterocycles. The lowest BCUT2D eigenvalue weighted by Gasteiger charge is -2.18. The molecule has 1 aromatic heterocycles. The van der Waals surface area contributed by atoms with Crippen molar-refractivity contribution in [2.24, 2.45) is 0 Å². The number of ether oxygens (including phenoxy) is 1. The number of amides is 1. The van der Waals surface area contributed by atoms with Crippen LogP contribution in [0.3, 0.4) is 0 Å². The zero-order valence-corrected chi connectivity index (χ0v) is 20.1. The maximum absolute atomic E-state index is 14.5. The highest BCUT2D eigenvalue weighted by Crippen LogP contribution is 2.33. The number of nitrogens with zero attached hydrogens (tertiary/aromatic N) is 1. The number of rotatable bonds is 8. The number of hydrogen-bond acceptors (Lipinski definition) is 6. The van der Waals surface area contributed by atoms with Crippen LogP contribution in [0.2, 0.25) is 0 Å². The molecule has 0 saturated carbocycles. The number of methoxy groups -OCH3 is 1. The summed E-state index contributed by atoms with van der Waals surface area (Å²) in [6.07, 6.45) is 1.21. The van der Waals surface area contributed by atoms with Crippen LogP contribution in [-0.4, -0.2) is 32.2 Å². The predicted molar refractivity (Wildman–Crippen MR) is 126 cm³/mol. The fourth-order valence-corrected chi connectivity index (χ4v) is 4.57. The smallest absolute Gasteiger partial charge is 0.264 e. The van der Waals surface area contributed by atoms with Gasteiger partial charge in [-0.05, 0) is 65.4 Å². The number of benzene rings is 2. The molecule has 178 valence electrons. The van der Waals surface area contributed by atoms with Crippen molar-refractivity contribution in [3.05, 3.63) is 77.2 Å². The van der Waals surface area contributed by atoms with Gasteiger partial charge in [-0.25, -0.2) is 22.5 Å². The molecule has 0 aliphatic rings. The number of halogens is 1. The Labute approximate surface area is 198 Å². The third-order valence-electron chi connectivity index (χ3n) is 5.28. The Balaban J connectivity index is 1.97. The van der Waals surface area contributed by atoms with Crippen LogP contribution in [0.1, 0.15) is 48.2 Å². The summed E-state index contributed by atoms with van der Waals surface area (Å²) in [6, 6.07) is 11.2. The van der Waals surface area contributed by atoms with Crippen molar-refractivity contribution in [1.82, 2.24) is 9.71 Å². The molecule has 0 saturated heterocycles. The zero-order valence-electron chi connectivity index (χ0n) is 19.3. The largest absolute Gasteiger partial charge is 0.481 e. The van der Waals surface area contributed by atoms with E-state index in [1.165, 1.54) is 56.6 Å². The van der Waals surface area contributed by atoms with Gasteiger partial charge in [0.2, 0.25) is 11.8 Å². The highest BCUT2D eigenvalue weighted by atomic mass is 32.2. The van der Waals surface area contributed by atoms with E-state index in [4.69, 9.17) is 4.74 Å². The molecule has 2 aromatic carbocycles. The fraction of sp³-hybridized carbons (Fsp3) is 0.240. The minimum absolute atomic E-state index is 0.128. The third-order valence-corrected chi connectivity index (χ3v) is 6.67. The Bertz CT molecular complexity index is 1340. The van der Waals surface area contributed by atoms with Crippen molar-refractivity contribution in [3.8, 4) is 17.0 Å². The van der Waals surface area contributed by atoms with Crippen molar-refractivity contribution in [3.63, 3.8) is 0 Å². The lowest BCUT2D eigenvalue weighted by molar-refractivity contribution is -0.118. The van der Waals surface area contributed by atoms with Gasteiger partial charge in [-0.2, -0.15) is 0 Å². The quantitative estimate of drug-likeness (QED) is 0.479. The van der Waals surface area contributed by atoms with E-state index in [-0.39, 0.29) is 23.0 Å². The standard InChI is InChI=1S/C25H25FN2O5S/c1-15(2)21-12-19(26)13-22(18-9-10-27-25(11-18)33-4)23(21)14-24(30)28-34(31,32)20-7-5-17(6-8-20)16(3)29/h5-13,15H,14H2,1-4H3,(H,28,30). The van der Waals surface area contributed by atoms with Crippen LogP contribution < -0.4 is 9.46 Å². The van der Waals surface area contributed by atoms with E-state index in [0.717, 1.165) is 0 Å². The van der Waals surface area contributed by atoms with Gasteiger partial charge < -0.3 is 4.74 Å². The van der Waals surface area contributed by atoms with Crippen molar-refractivity contribution < 1.29 is 27.1 Å². The molecule has 7 nitrogen and oxygen atoms in total. The van der Waals surface area contributed by atoms with Crippen molar-refractivity contribution in [2.75, 3.05) is 7.11 Å². The van der Waals surface area contributed by atoms with Crippen molar-refractivity contribution in [1.29, 1.82) is 0 Å². The molecular formula is C25H25FN2O5S. The molecule has 3 aromatic rings. The minimum atomic E-state index is -4.17. The van der Waals surface area contributed by atoms with Gasteiger partial charge in [0, 0.05) is 17.8 Å². The summed E-state index contributed by atoms with van der Waals surface area (Å²) in [7, 11) is -2.71. The molecular weight excluding hydrogens is 459 g/mol. The number of hydrogen-bond donors (Lipinski definition) is 1. The van der Waals surface area contributed by atoms with Crippen LogP contribution in [0.25, 0.3) is 11.1 Å². The minimum Gasteiger partial charge on any atom is -0.481 e. The number of ketones is 1. The second-order valence-corrected chi connectivity index (χ2v) is 9.73. The summed E-state index contributed by atoms with van der Waals surface area (Å²) in [4.78, 5) is 28.2. The SMILES string of the molecule is COc1cc(-c2cc(F)cc(C(C)C)c2CC(=O)NS(=O)(=O)c2ccc(C(C)=O)cc2)ccn1. The Kier molecular flexibility index (Phi) is 7.46. The van der Waals surface area contributed by atoms with E-state index in [1.807, 2.05) is 13.8 Å². The van der Waals surface area contributed by atoms with Gasteiger partial charge in [-0.15, -0.1) is 0 Å². The number of nitrogens with one attached hydrogen (secondary N) is 1. The van der Waals surface area contributed by atoms with Gasteiger partial charge >= 0.3 is 0 Å². The van der Waals surface area contributed by atoms with Crippen molar-refractivity contribution in [2.45, 2.75) is 38.0 Å². The number of pyridine rings is 1. The molecule has 34 heavy (non-hydrogen) atoms. The molecule has 1 amide bonds. The summed E-state index contributed by atoms with van der Waals surface area (Å²) in [5, 5.41) is 0. The number of Topliss-reactive ketones (excluding diaryl/α,β-unsaturated/α-hetero) is 1. The van der Waals surface area contributed by atoms with Crippen LogP contribution >= 0.6 is 0 Å². The molecule has 9 heteroatoms. The predicted octanol–water partition coefficient (Wildman–Crippen LogP) is 4.27. The fourth-order valence-electron chi connectivity index (χ4n) is 3.59. The van der Waals surface area contributed by atoms with Crippen LogP contribution in [0.4, 0.5) is 4.39 Å². The lowest BCUT2D eigenvalue weighted by atomic mass is 9.88. The topological polar surface area (TPSA) is 102 Å². The summed E-state index contributed by atoms with van der Waals surface area (Å²) < 4.78 is 47.2. The van der Waals surface area contributed by atoms with Crippen LogP contribution in [0.5, 0.6) is 5.88 Å². The average Bonchev–Trinajstić information content (AvgIpc) is 2.79. The molecule has 0 aliphatic carbocycles. The summed E-state index contributed by atoms with van der Waals surface area (Å²) >= 11 is 0. The molecule has 1 N–H and O–H groups in total. The Hall–Kier alpha value is -3.59. The van der Waals surface area contributed by atoms with Gasteiger partial charge in [0.05, 0.1) is 18.4 Å². The van der Waals surface area contributed by atoms with E-state index in [1.54, 1.807) is 12.1 Å². The molecule has 0 unspecified atom stereocenters. The maximum atomic E-state index is 14.5. The highest BCUT2D eigenvalue weighted by molar-refractivity contribution is 7.90. The van der Waals surface area contributed by atoms with Crippen LogP contribution in [0.15, 0.2) is 59.6 Å². The van der Waals surface area contributed by atoms with E-state index in [2.05, 4.69) is 9.71 Å². The number of carbonyl (C=O) groups is 2. The number of carbonyl (C=O) groups excluding carboxylic acids is 2. The van der Waals surface area contributed by atoms with Gasteiger partial charge in [-0.1, -0.05) is 26.0 Å². The van der Waals surface area contributed by atoms with E-state index in [9.17, 15) is 22.4 Å². The summed E-state index contributed by atoms with van der Waals surface area (Å²) in [5.74, 6) is -1.26. The van der Waals surface area contributed by atoms with Crippen molar-refractivity contribution >= 4 is 21.7 Å². The normalized spacial score (nSPS) is 11.4. The van der Waals surface area contributed by atoms with E-state index >= 15 is 0 Å². The Morgan fingerprint density at radius 1 is 1.09 bits per heavy atom. The molecule has 1 heterocycles. The van der Waals surface area contributed by atoms with E-state index < -0.39 is 21.7 Å². The second kappa shape index (κ2) is 10.1. The molecule has 3 rings (SSSR count). The van der Waals surface area contributed by atoms with Gasteiger partial charge in [0.15, 0.2) is 5.78 Å². The first-order chi connectivity index (χ1) is 16.0. The monoisotopic (exact) mass is 484 g/mol. The molecule has 0 atom stereocenters. The molecule has 0 radical (unpaired) electrons. The zero-order chi connectivity index (χ0) is 25.0. The van der Waals surface area contributed by atoms with Gasteiger partial charge in [-0.3, -0.25) is 9.59 Å². The van der Waals surface area contributed by atoms with E-state index in [0.29, 0.717) is 33.7 Å². The summed E-state index contributed by atoms with van der Waals surface area (Å²) in [5.41, 5.74) is 2.48. The Morgan fingerprint density at radius 3 is 2.35 bits per heavy atom. The van der Waals surface area contributed by atoms with Gasteiger partial charge in [0.1, 0.15) is 5.82 Å². The first kappa shape index (κ1) is 25.0. The average molecular weight is 485 g/mol. The highest BCUT2D eigenvalue weighted by Gasteiger charge is 2.22. The van der Waals surface area contributed by atoms with Crippen LogP contribution in [-0.2, 0) is 21.2 Å². The maximum Gasteiger partial charge on any atom is 0.264 e. The molecule has 0 bridgehead atoms.